The number of aromatic amines is 1. The smallest absolute Gasteiger partial charge is 0.243 e. The molecule has 33 heavy (non-hydrogen) atoms. The molecular weight excluding hydrogens is 436 g/mol. The fourth-order valence-electron chi connectivity index (χ4n) is 3.83. The van der Waals surface area contributed by atoms with E-state index in [2.05, 4.69) is 27.6 Å². The number of rotatable bonds is 10. The zero-order valence-electron chi connectivity index (χ0n) is 18.1. The maximum atomic E-state index is 13.3. The lowest BCUT2D eigenvalue weighted by Gasteiger charge is -2.28. The zero-order valence-corrected chi connectivity index (χ0v) is 18.8. The summed E-state index contributed by atoms with van der Waals surface area (Å²) in [5, 5.41) is 11.5. The van der Waals surface area contributed by atoms with Crippen molar-refractivity contribution in [3.05, 3.63) is 95.1 Å². The number of benzene rings is 3. The highest BCUT2D eigenvalue weighted by molar-refractivity contribution is 6.30. The molecule has 4 rings (SSSR count). The monoisotopic (exact) mass is 460 g/mol. The largest absolute Gasteiger partial charge is 0.354 e. The van der Waals surface area contributed by atoms with Crippen LogP contribution in [0.1, 0.15) is 17.5 Å². The van der Waals surface area contributed by atoms with E-state index in [1.807, 2.05) is 48.5 Å². The van der Waals surface area contributed by atoms with Gasteiger partial charge in [-0.1, -0.05) is 54.1 Å². The molecule has 2 N–H and O–H groups in total. The van der Waals surface area contributed by atoms with Crippen molar-refractivity contribution in [3.8, 4) is 0 Å². The van der Waals surface area contributed by atoms with Crippen LogP contribution in [0.5, 0.6) is 0 Å². The molecule has 0 unspecified atom stereocenters. The number of amides is 2. The van der Waals surface area contributed by atoms with Crippen molar-refractivity contribution in [2.24, 2.45) is 0 Å². The van der Waals surface area contributed by atoms with Gasteiger partial charge in [0.1, 0.15) is 6.04 Å². The summed E-state index contributed by atoms with van der Waals surface area (Å²) in [5.41, 5.74) is 3.57. The van der Waals surface area contributed by atoms with E-state index in [-0.39, 0.29) is 5.91 Å². The van der Waals surface area contributed by atoms with Gasteiger partial charge >= 0.3 is 0 Å². The van der Waals surface area contributed by atoms with Crippen LogP contribution in [0, 0.1) is 0 Å². The topological polar surface area (TPSA) is 78.1 Å². The first-order chi connectivity index (χ1) is 16.1. The molecular formula is C26H25ClN4O2. The minimum absolute atomic E-state index is 0.199. The fourth-order valence-corrected chi connectivity index (χ4v) is 3.95. The molecule has 0 spiro atoms. The molecule has 1 heterocycles. The summed E-state index contributed by atoms with van der Waals surface area (Å²) >= 11 is 6.02. The van der Waals surface area contributed by atoms with Crippen LogP contribution >= 0.6 is 11.6 Å². The predicted octanol–water partition coefficient (Wildman–Crippen LogP) is 4.54. The molecule has 168 valence electrons. The average molecular weight is 461 g/mol. The van der Waals surface area contributed by atoms with Crippen LogP contribution in [-0.2, 0) is 22.4 Å². The molecule has 1 atom stereocenters. The van der Waals surface area contributed by atoms with Crippen LogP contribution in [-0.4, -0.2) is 35.1 Å². The highest BCUT2D eigenvalue weighted by Gasteiger charge is 2.27. The third-order valence-electron chi connectivity index (χ3n) is 5.60. The summed E-state index contributed by atoms with van der Waals surface area (Å²) in [5.74, 6) is -0.199. The van der Waals surface area contributed by atoms with Gasteiger partial charge in [-0.15, -0.1) is 0 Å². The zero-order chi connectivity index (χ0) is 23.0. The second-order valence-electron chi connectivity index (χ2n) is 7.88. The van der Waals surface area contributed by atoms with E-state index in [1.54, 1.807) is 18.3 Å². The van der Waals surface area contributed by atoms with Crippen molar-refractivity contribution in [2.45, 2.75) is 25.3 Å². The Labute approximate surface area is 197 Å². The summed E-state index contributed by atoms with van der Waals surface area (Å²) in [6.07, 6.45) is 4.47. The summed E-state index contributed by atoms with van der Waals surface area (Å²) in [6, 6.07) is 22.3. The predicted molar refractivity (Wildman–Crippen MR) is 131 cm³/mol. The molecule has 0 bridgehead atoms. The van der Waals surface area contributed by atoms with Gasteiger partial charge in [0.15, 0.2) is 0 Å². The van der Waals surface area contributed by atoms with E-state index in [9.17, 15) is 9.59 Å². The third-order valence-corrected chi connectivity index (χ3v) is 5.85. The van der Waals surface area contributed by atoms with Crippen molar-refractivity contribution < 1.29 is 9.59 Å². The first-order valence-corrected chi connectivity index (χ1v) is 11.2. The molecule has 0 saturated heterocycles. The van der Waals surface area contributed by atoms with E-state index in [0.29, 0.717) is 30.1 Å². The highest BCUT2D eigenvalue weighted by atomic mass is 35.5. The van der Waals surface area contributed by atoms with Gasteiger partial charge in [0.25, 0.3) is 0 Å². The molecule has 6 nitrogen and oxygen atoms in total. The van der Waals surface area contributed by atoms with Crippen molar-refractivity contribution in [2.75, 3.05) is 11.4 Å². The minimum Gasteiger partial charge on any atom is -0.354 e. The SMILES string of the molecule is O=CN(c1ccc2cn[nH]c2c1)[C@@H](Cc1ccc(Cl)cc1)C(=O)NCCCc1ccccc1. The maximum absolute atomic E-state index is 13.3. The molecule has 1 aromatic heterocycles. The fraction of sp³-hybridized carbons (Fsp3) is 0.192. The van der Waals surface area contributed by atoms with Crippen molar-refractivity contribution in [1.29, 1.82) is 0 Å². The second-order valence-corrected chi connectivity index (χ2v) is 8.32. The van der Waals surface area contributed by atoms with Crippen LogP contribution < -0.4 is 10.2 Å². The Morgan fingerprint density at radius 2 is 1.85 bits per heavy atom. The van der Waals surface area contributed by atoms with E-state index < -0.39 is 6.04 Å². The minimum atomic E-state index is -0.708. The van der Waals surface area contributed by atoms with Gasteiger partial charge in [0.2, 0.25) is 12.3 Å². The van der Waals surface area contributed by atoms with Crippen LogP contribution in [0.25, 0.3) is 10.9 Å². The Morgan fingerprint density at radius 1 is 1.06 bits per heavy atom. The van der Waals surface area contributed by atoms with Crippen LogP contribution in [0.4, 0.5) is 5.69 Å². The van der Waals surface area contributed by atoms with Crippen LogP contribution in [0.2, 0.25) is 5.02 Å². The van der Waals surface area contributed by atoms with E-state index in [4.69, 9.17) is 11.6 Å². The molecule has 0 fully saturated rings. The Kier molecular flexibility index (Phi) is 7.37. The maximum Gasteiger partial charge on any atom is 0.243 e. The summed E-state index contributed by atoms with van der Waals surface area (Å²) in [7, 11) is 0. The Hall–Kier alpha value is -3.64. The number of carbonyl (C=O) groups is 2. The van der Waals surface area contributed by atoms with Crippen LogP contribution in [0.3, 0.4) is 0 Å². The van der Waals surface area contributed by atoms with Crippen molar-refractivity contribution in [3.63, 3.8) is 0 Å². The van der Waals surface area contributed by atoms with Gasteiger partial charge in [0.05, 0.1) is 11.7 Å². The van der Waals surface area contributed by atoms with E-state index in [1.165, 1.54) is 10.5 Å². The van der Waals surface area contributed by atoms with Gasteiger partial charge in [-0.3, -0.25) is 14.7 Å². The van der Waals surface area contributed by atoms with Gasteiger partial charge in [-0.2, -0.15) is 5.10 Å². The number of halogens is 1. The first kappa shape index (κ1) is 22.6. The Bertz CT molecular complexity index is 1210. The molecule has 7 heteroatoms. The van der Waals surface area contributed by atoms with Crippen molar-refractivity contribution in [1.82, 2.24) is 15.5 Å². The van der Waals surface area contributed by atoms with Crippen molar-refractivity contribution >= 4 is 40.5 Å². The number of fused-ring (bicyclic) bond motifs is 1. The summed E-state index contributed by atoms with van der Waals surface area (Å²) in [6.45, 7) is 0.525. The number of aryl methyl sites for hydroxylation is 1. The number of anilines is 1. The second kappa shape index (κ2) is 10.8. The number of H-pyrrole nitrogens is 1. The standard InChI is InChI=1S/C26H25ClN4O2/c27-22-11-8-20(9-12-22)15-25(26(33)28-14-4-7-19-5-2-1-3-6-19)31(18-32)23-13-10-21-17-29-30-24(21)16-23/h1-3,5-6,8-13,16-18,25H,4,7,14-15H2,(H,28,33)(H,29,30)/t25-/m0/s1. The lowest BCUT2D eigenvalue weighted by molar-refractivity contribution is -0.123. The number of aromatic nitrogens is 2. The Balaban J connectivity index is 1.51. The first-order valence-electron chi connectivity index (χ1n) is 10.9. The number of hydrogen-bond acceptors (Lipinski definition) is 3. The van der Waals surface area contributed by atoms with Gasteiger partial charge in [0, 0.05) is 29.1 Å². The number of carbonyl (C=O) groups excluding carboxylic acids is 2. The Morgan fingerprint density at radius 3 is 2.61 bits per heavy atom. The quantitative estimate of drug-likeness (QED) is 0.269. The molecule has 3 aromatic carbocycles. The van der Waals surface area contributed by atoms with Gasteiger partial charge in [-0.05, 0) is 54.3 Å². The lowest BCUT2D eigenvalue weighted by atomic mass is 10.0. The average Bonchev–Trinajstić information content (AvgIpc) is 3.31. The number of nitrogens with zero attached hydrogens (tertiary/aromatic N) is 2. The van der Waals surface area contributed by atoms with Crippen LogP contribution in [0.15, 0.2) is 79.0 Å². The molecule has 0 aliphatic heterocycles. The molecule has 0 aliphatic carbocycles. The molecule has 0 aliphatic rings. The van der Waals surface area contributed by atoms with Gasteiger partial charge in [-0.25, -0.2) is 0 Å². The summed E-state index contributed by atoms with van der Waals surface area (Å²) < 4.78 is 0. The van der Waals surface area contributed by atoms with E-state index in [0.717, 1.165) is 29.3 Å². The number of hydrogen-bond donors (Lipinski definition) is 2. The molecule has 0 radical (unpaired) electrons. The lowest BCUT2D eigenvalue weighted by Crippen LogP contribution is -2.48. The third kappa shape index (κ3) is 5.79. The molecule has 4 aromatic rings. The molecule has 0 saturated carbocycles. The molecule has 2 amide bonds. The van der Waals surface area contributed by atoms with Gasteiger partial charge < -0.3 is 10.2 Å². The highest BCUT2D eigenvalue weighted by Crippen LogP contribution is 2.23. The normalized spacial score (nSPS) is 11.8. The van der Waals surface area contributed by atoms with E-state index >= 15 is 0 Å². The number of nitrogens with one attached hydrogen (secondary N) is 2. The summed E-state index contributed by atoms with van der Waals surface area (Å²) in [4.78, 5) is 26.9.